The van der Waals surface area contributed by atoms with Gasteiger partial charge in [-0.3, -0.25) is 9.69 Å². The monoisotopic (exact) mass is 229 g/mol. The molecule has 2 atom stereocenters. The minimum absolute atomic E-state index is 0.836. The van der Waals surface area contributed by atoms with E-state index in [1.165, 1.54) is 31.4 Å². The summed E-state index contributed by atoms with van der Waals surface area (Å²) in [5, 5.41) is 0. The Balaban J connectivity index is 1.62. The molecule has 0 radical (unpaired) electrons. The fourth-order valence-electron chi connectivity index (χ4n) is 3.44. The van der Waals surface area contributed by atoms with E-state index in [2.05, 4.69) is 11.0 Å². The van der Waals surface area contributed by atoms with Gasteiger partial charge in [0.2, 0.25) is 0 Å². The Morgan fingerprint density at radius 2 is 2.18 bits per heavy atom. The van der Waals surface area contributed by atoms with Crippen LogP contribution < -0.4 is 0 Å². The maximum absolute atomic E-state index is 10.9. The molecule has 0 N–H and O–H groups in total. The van der Waals surface area contributed by atoms with Gasteiger partial charge in [0.1, 0.15) is 6.29 Å². The topological polar surface area (TPSA) is 20.3 Å². The third-order valence-electron chi connectivity index (χ3n) is 4.37. The zero-order chi connectivity index (χ0) is 11.7. The van der Waals surface area contributed by atoms with Gasteiger partial charge in [0, 0.05) is 24.7 Å². The van der Waals surface area contributed by atoms with Crippen molar-refractivity contribution >= 4 is 6.29 Å². The second kappa shape index (κ2) is 4.61. The van der Waals surface area contributed by atoms with Crippen molar-refractivity contribution in [3.05, 3.63) is 35.4 Å². The quantitative estimate of drug-likeness (QED) is 0.739. The van der Waals surface area contributed by atoms with E-state index in [0.29, 0.717) is 0 Å². The van der Waals surface area contributed by atoms with Crippen LogP contribution in [0.4, 0.5) is 0 Å². The average molecular weight is 229 g/mol. The number of carbonyl (C=O) groups excluding carboxylic acids is 1. The molecule has 1 saturated carbocycles. The Kier molecular flexibility index (Phi) is 2.98. The van der Waals surface area contributed by atoms with Crippen LogP contribution in [0.15, 0.2) is 24.3 Å². The zero-order valence-electron chi connectivity index (χ0n) is 10.1. The molecule has 17 heavy (non-hydrogen) atoms. The highest BCUT2D eigenvalue weighted by atomic mass is 16.1. The number of carbonyl (C=O) groups is 1. The third-order valence-corrected chi connectivity index (χ3v) is 4.37. The Labute approximate surface area is 103 Å². The maximum atomic E-state index is 10.9. The first kappa shape index (κ1) is 11.0. The summed E-state index contributed by atoms with van der Waals surface area (Å²) in [7, 11) is 0. The molecular weight excluding hydrogens is 210 g/mol. The van der Waals surface area contributed by atoms with Crippen LogP contribution in [0, 0.1) is 5.92 Å². The van der Waals surface area contributed by atoms with Crippen LogP contribution in [-0.2, 0) is 6.42 Å². The maximum Gasteiger partial charge on any atom is 0.150 e. The molecule has 0 aromatic heterocycles. The molecule has 90 valence electrons. The van der Waals surface area contributed by atoms with Crippen LogP contribution in [0.3, 0.4) is 0 Å². The molecule has 1 aromatic carbocycles. The second-order valence-corrected chi connectivity index (χ2v) is 5.39. The van der Waals surface area contributed by atoms with Gasteiger partial charge in [0.25, 0.3) is 0 Å². The number of hydrogen-bond acceptors (Lipinski definition) is 2. The van der Waals surface area contributed by atoms with Gasteiger partial charge in [-0.05, 0) is 37.2 Å². The number of fused-ring (bicyclic) bond motifs is 2. The van der Waals surface area contributed by atoms with Gasteiger partial charge in [-0.1, -0.05) is 24.3 Å². The van der Waals surface area contributed by atoms with Gasteiger partial charge in [0.15, 0.2) is 0 Å². The molecule has 1 aliphatic heterocycles. The number of piperidine rings is 1. The lowest BCUT2D eigenvalue weighted by Gasteiger charge is -2.26. The van der Waals surface area contributed by atoms with Crippen LogP contribution in [0.5, 0.6) is 0 Å². The van der Waals surface area contributed by atoms with E-state index in [-0.39, 0.29) is 0 Å². The van der Waals surface area contributed by atoms with Gasteiger partial charge >= 0.3 is 0 Å². The number of aldehydes is 1. The van der Waals surface area contributed by atoms with Crippen molar-refractivity contribution in [3.8, 4) is 0 Å². The normalized spacial score (nSPS) is 27.5. The van der Waals surface area contributed by atoms with E-state index in [1.54, 1.807) is 0 Å². The molecule has 0 spiro atoms. The second-order valence-electron chi connectivity index (χ2n) is 5.39. The highest BCUT2D eigenvalue weighted by molar-refractivity contribution is 5.77. The summed E-state index contributed by atoms with van der Waals surface area (Å²) in [5.74, 6) is 0.960. The predicted octanol–water partition coefficient (Wildman–Crippen LogP) is 2.53. The Hall–Kier alpha value is -1.15. The number of hydrogen-bond donors (Lipinski definition) is 0. The largest absolute Gasteiger partial charge is 0.300 e. The van der Waals surface area contributed by atoms with Gasteiger partial charge in [-0.25, -0.2) is 0 Å². The minimum atomic E-state index is 0.836. The summed E-state index contributed by atoms with van der Waals surface area (Å²) in [6, 6.07) is 8.79. The summed E-state index contributed by atoms with van der Waals surface area (Å²) < 4.78 is 0. The third kappa shape index (κ3) is 2.14. The summed E-state index contributed by atoms with van der Waals surface area (Å²) >= 11 is 0. The van der Waals surface area contributed by atoms with E-state index >= 15 is 0 Å². The Morgan fingerprint density at radius 1 is 1.29 bits per heavy atom. The number of nitrogens with zero attached hydrogens (tertiary/aromatic N) is 1. The highest BCUT2D eigenvalue weighted by Gasteiger charge is 2.37. The summed E-state index contributed by atoms with van der Waals surface area (Å²) in [6.07, 6.45) is 6.23. The van der Waals surface area contributed by atoms with E-state index in [1.807, 2.05) is 18.2 Å². The zero-order valence-corrected chi connectivity index (χ0v) is 10.1. The van der Waals surface area contributed by atoms with E-state index in [0.717, 1.165) is 36.8 Å². The summed E-state index contributed by atoms with van der Waals surface area (Å²) in [6.45, 7) is 2.40. The molecule has 2 nitrogen and oxygen atoms in total. The standard InChI is InChI=1S/C15H19NO/c17-11-14-4-2-1-3-13(14)7-8-16-10-12-5-6-15(16)9-12/h1-4,11-12,15H,5-10H2. The van der Waals surface area contributed by atoms with E-state index in [9.17, 15) is 4.79 Å². The fraction of sp³-hybridized carbons (Fsp3) is 0.533. The lowest BCUT2D eigenvalue weighted by atomic mass is 10.0. The minimum Gasteiger partial charge on any atom is -0.300 e. The first-order valence-electron chi connectivity index (χ1n) is 6.64. The molecule has 2 unspecified atom stereocenters. The molecule has 0 amide bonds. The molecule has 2 fully saturated rings. The van der Waals surface area contributed by atoms with Gasteiger partial charge in [0.05, 0.1) is 0 Å². The SMILES string of the molecule is O=Cc1ccccc1CCN1CC2CCC1C2. The van der Waals surface area contributed by atoms with Crippen LogP contribution in [0.25, 0.3) is 0 Å². The Bertz CT molecular complexity index is 415. The molecule has 1 heterocycles. The molecular formula is C15H19NO. The summed E-state index contributed by atoms with van der Waals surface area (Å²) in [5.41, 5.74) is 2.06. The molecule has 1 aromatic rings. The lowest BCUT2D eigenvalue weighted by Crippen LogP contribution is -2.33. The molecule has 1 aliphatic carbocycles. The highest BCUT2D eigenvalue weighted by Crippen LogP contribution is 2.37. The van der Waals surface area contributed by atoms with Crippen molar-refractivity contribution in [1.29, 1.82) is 0 Å². The van der Waals surface area contributed by atoms with Gasteiger partial charge in [-0.2, -0.15) is 0 Å². The van der Waals surface area contributed by atoms with Crippen molar-refractivity contribution in [1.82, 2.24) is 4.90 Å². The van der Waals surface area contributed by atoms with Crippen LogP contribution in [-0.4, -0.2) is 30.3 Å². The average Bonchev–Trinajstić information content (AvgIpc) is 2.98. The van der Waals surface area contributed by atoms with Crippen LogP contribution in [0.1, 0.15) is 35.2 Å². The van der Waals surface area contributed by atoms with Gasteiger partial charge < -0.3 is 0 Å². The molecule has 2 bridgehead atoms. The first-order chi connectivity index (χ1) is 8.36. The van der Waals surface area contributed by atoms with E-state index < -0.39 is 0 Å². The van der Waals surface area contributed by atoms with Crippen molar-refractivity contribution in [2.75, 3.05) is 13.1 Å². The van der Waals surface area contributed by atoms with Crippen LogP contribution in [0.2, 0.25) is 0 Å². The van der Waals surface area contributed by atoms with Crippen molar-refractivity contribution in [3.63, 3.8) is 0 Å². The van der Waals surface area contributed by atoms with Gasteiger partial charge in [-0.15, -0.1) is 0 Å². The number of rotatable bonds is 4. The van der Waals surface area contributed by atoms with E-state index in [4.69, 9.17) is 0 Å². The number of benzene rings is 1. The number of likely N-dealkylation sites (tertiary alicyclic amines) is 1. The first-order valence-corrected chi connectivity index (χ1v) is 6.64. The molecule has 2 aliphatic rings. The summed E-state index contributed by atoms with van der Waals surface area (Å²) in [4.78, 5) is 13.6. The van der Waals surface area contributed by atoms with Crippen molar-refractivity contribution in [2.45, 2.75) is 31.7 Å². The van der Waals surface area contributed by atoms with Crippen molar-refractivity contribution < 1.29 is 4.79 Å². The Morgan fingerprint density at radius 3 is 2.88 bits per heavy atom. The molecule has 1 saturated heterocycles. The van der Waals surface area contributed by atoms with Crippen molar-refractivity contribution in [2.24, 2.45) is 5.92 Å². The smallest absolute Gasteiger partial charge is 0.150 e. The molecule has 3 rings (SSSR count). The predicted molar refractivity (Wildman–Crippen MR) is 68.2 cm³/mol. The fourth-order valence-corrected chi connectivity index (χ4v) is 3.44. The molecule has 2 heteroatoms. The lowest BCUT2D eigenvalue weighted by molar-refractivity contribution is 0.112. The van der Waals surface area contributed by atoms with Crippen LogP contribution >= 0.6 is 0 Å².